The molecule has 1 aliphatic heterocycles. The number of hydrogen-bond acceptors (Lipinski definition) is 3. The van der Waals surface area contributed by atoms with Crippen molar-refractivity contribution in [2.75, 3.05) is 0 Å². The third kappa shape index (κ3) is 2.49. The van der Waals surface area contributed by atoms with Crippen molar-refractivity contribution in [1.29, 1.82) is 0 Å². The molecule has 4 heteroatoms. The largest absolute Gasteiger partial charge is 0.508 e. The Hall–Kier alpha value is -1.43. The summed E-state index contributed by atoms with van der Waals surface area (Å²) in [6, 6.07) is 12.4. The summed E-state index contributed by atoms with van der Waals surface area (Å²) in [6.07, 6.45) is 0.776. The summed E-state index contributed by atoms with van der Waals surface area (Å²) in [5, 5.41) is 19.1. The molecule has 2 atom stereocenters. The van der Waals surface area contributed by atoms with Gasteiger partial charge >= 0.3 is 0 Å². The van der Waals surface area contributed by atoms with Crippen molar-refractivity contribution in [3.63, 3.8) is 0 Å². The van der Waals surface area contributed by atoms with Crippen LogP contribution in [-0.4, -0.2) is 14.1 Å². The Morgan fingerprint density at radius 1 is 1.05 bits per heavy atom. The van der Waals surface area contributed by atoms with E-state index in [0.29, 0.717) is 0 Å². The summed E-state index contributed by atoms with van der Waals surface area (Å²) < 4.78 is 6.28. The second-order valence-corrected chi connectivity index (χ2v) is 6.25. The number of aromatic hydroxyl groups is 2. The fraction of sp³-hybridized carbons (Fsp3) is 0.200. The van der Waals surface area contributed by atoms with Crippen LogP contribution >= 0.6 is 22.6 Å². The molecule has 0 amide bonds. The van der Waals surface area contributed by atoms with Gasteiger partial charge in [-0.05, 0) is 35.7 Å². The molecule has 2 aromatic carbocycles. The van der Waals surface area contributed by atoms with Crippen LogP contribution in [0.2, 0.25) is 0 Å². The standard InChI is InChI=1S/C15H13IO3/c16-13-7-9-4-5-12(18)8-14(9)19-15(13)10-2-1-3-11(17)6-10/h1-6,8,13,15,17-18H,7H2/t13-,15-/m1/s1. The predicted molar refractivity (Wildman–Crippen MR) is 81.1 cm³/mol. The lowest BCUT2D eigenvalue weighted by atomic mass is 9.97. The van der Waals surface area contributed by atoms with Gasteiger partial charge in [0.05, 0.1) is 3.92 Å². The second kappa shape index (κ2) is 4.92. The van der Waals surface area contributed by atoms with Crippen LogP contribution in [0.25, 0.3) is 0 Å². The Morgan fingerprint density at radius 3 is 2.63 bits per heavy atom. The summed E-state index contributed by atoms with van der Waals surface area (Å²) in [7, 11) is 0. The van der Waals surface area contributed by atoms with Gasteiger partial charge in [-0.15, -0.1) is 0 Å². The van der Waals surface area contributed by atoms with Crippen LogP contribution in [-0.2, 0) is 6.42 Å². The Labute approximate surface area is 125 Å². The second-order valence-electron chi connectivity index (χ2n) is 4.65. The average molecular weight is 368 g/mol. The Kier molecular flexibility index (Phi) is 3.26. The van der Waals surface area contributed by atoms with Crippen LogP contribution in [0, 0.1) is 0 Å². The topological polar surface area (TPSA) is 49.7 Å². The first kappa shape index (κ1) is 12.6. The smallest absolute Gasteiger partial charge is 0.136 e. The molecule has 0 spiro atoms. The molecule has 0 bridgehead atoms. The zero-order chi connectivity index (χ0) is 13.4. The molecule has 0 fully saturated rings. The maximum Gasteiger partial charge on any atom is 0.136 e. The van der Waals surface area contributed by atoms with Crippen molar-refractivity contribution >= 4 is 22.6 Å². The summed E-state index contributed by atoms with van der Waals surface area (Å²) in [4.78, 5) is 0. The molecule has 1 heterocycles. The molecule has 2 aromatic rings. The zero-order valence-electron chi connectivity index (χ0n) is 10.1. The third-order valence-electron chi connectivity index (χ3n) is 3.25. The minimum Gasteiger partial charge on any atom is -0.508 e. The number of hydrogen-bond donors (Lipinski definition) is 2. The van der Waals surface area contributed by atoms with Gasteiger partial charge in [-0.1, -0.05) is 40.8 Å². The third-order valence-corrected chi connectivity index (χ3v) is 4.34. The fourth-order valence-electron chi connectivity index (χ4n) is 2.33. The number of benzene rings is 2. The van der Waals surface area contributed by atoms with Crippen molar-refractivity contribution in [2.24, 2.45) is 0 Å². The van der Waals surface area contributed by atoms with E-state index in [1.165, 1.54) is 0 Å². The molecular formula is C15H13IO3. The minimum atomic E-state index is -0.109. The number of rotatable bonds is 1. The Balaban J connectivity index is 1.97. The summed E-state index contributed by atoms with van der Waals surface area (Å²) in [6.45, 7) is 0. The highest BCUT2D eigenvalue weighted by atomic mass is 127. The van der Waals surface area contributed by atoms with Gasteiger partial charge in [-0.3, -0.25) is 0 Å². The van der Waals surface area contributed by atoms with E-state index in [4.69, 9.17) is 4.74 Å². The van der Waals surface area contributed by atoms with Crippen LogP contribution < -0.4 is 4.74 Å². The molecule has 0 radical (unpaired) electrons. The first-order valence-electron chi connectivity index (χ1n) is 6.05. The molecule has 0 saturated carbocycles. The quantitative estimate of drug-likeness (QED) is 0.598. The van der Waals surface area contributed by atoms with Crippen molar-refractivity contribution in [2.45, 2.75) is 16.4 Å². The highest BCUT2D eigenvalue weighted by Gasteiger charge is 2.29. The van der Waals surface area contributed by atoms with E-state index in [9.17, 15) is 10.2 Å². The van der Waals surface area contributed by atoms with Crippen molar-refractivity contribution < 1.29 is 14.9 Å². The molecule has 1 aliphatic rings. The van der Waals surface area contributed by atoms with Crippen LogP contribution in [0.4, 0.5) is 0 Å². The number of halogens is 1. The first-order valence-corrected chi connectivity index (χ1v) is 7.29. The van der Waals surface area contributed by atoms with E-state index >= 15 is 0 Å². The minimum absolute atomic E-state index is 0.109. The zero-order valence-corrected chi connectivity index (χ0v) is 12.2. The maximum atomic E-state index is 9.57. The lowest BCUT2D eigenvalue weighted by molar-refractivity contribution is 0.187. The van der Waals surface area contributed by atoms with Gasteiger partial charge in [0, 0.05) is 6.07 Å². The Morgan fingerprint density at radius 2 is 1.84 bits per heavy atom. The lowest BCUT2D eigenvalue weighted by Crippen LogP contribution is -2.25. The highest BCUT2D eigenvalue weighted by molar-refractivity contribution is 14.1. The van der Waals surface area contributed by atoms with Crippen LogP contribution in [0.3, 0.4) is 0 Å². The molecule has 3 rings (SSSR count). The van der Waals surface area contributed by atoms with Gasteiger partial charge in [-0.25, -0.2) is 0 Å². The number of phenolic OH excluding ortho intramolecular Hbond substituents is 2. The van der Waals surface area contributed by atoms with Gasteiger partial charge in [0.15, 0.2) is 0 Å². The normalized spacial score (nSPS) is 21.5. The van der Waals surface area contributed by atoms with Crippen LogP contribution in [0.15, 0.2) is 42.5 Å². The molecule has 0 aliphatic carbocycles. The molecule has 98 valence electrons. The summed E-state index contributed by atoms with van der Waals surface area (Å²) >= 11 is 2.37. The molecule has 19 heavy (non-hydrogen) atoms. The Bertz CT molecular complexity index is 612. The van der Waals surface area contributed by atoms with Crippen molar-refractivity contribution in [1.82, 2.24) is 0 Å². The maximum absolute atomic E-state index is 9.57. The van der Waals surface area contributed by atoms with Crippen molar-refractivity contribution in [3.05, 3.63) is 53.6 Å². The lowest BCUT2D eigenvalue weighted by Gasteiger charge is -2.31. The van der Waals surface area contributed by atoms with Gasteiger partial charge in [0.2, 0.25) is 0 Å². The number of ether oxygens (including phenoxy) is 1. The van der Waals surface area contributed by atoms with E-state index < -0.39 is 0 Å². The van der Waals surface area contributed by atoms with Crippen LogP contribution in [0.5, 0.6) is 17.2 Å². The molecule has 0 aromatic heterocycles. The predicted octanol–water partition coefficient (Wildman–Crippen LogP) is 3.58. The van der Waals surface area contributed by atoms with E-state index in [2.05, 4.69) is 22.6 Å². The summed E-state index contributed by atoms with van der Waals surface area (Å²) in [5.74, 6) is 1.17. The monoisotopic (exact) mass is 368 g/mol. The SMILES string of the molecule is Oc1cccc([C@H]2Oc3cc(O)ccc3C[C@H]2I)c1. The van der Waals surface area contributed by atoms with E-state index in [0.717, 1.165) is 23.3 Å². The molecule has 2 N–H and O–H groups in total. The van der Waals surface area contributed by atoms with E-state index in [1.54, 1.807) is 24.3 Å². The number of phenols is 2. The van der Waals surface area contributed by atoms with E-state index in [1.807, 2.05) is 18.2 Å². The fourth-order valence-corrected chi connectivity index (χ4v) is 3.36. The molecular weight excluding hydrogens is 355 g/mol. The average Bonchev–Trinajstić information content (AvgIpc) is 2.38. The number of fused-ring (bicyclic) bond motifs is 1. The summed E-state index contributed by atoms with van der Waals surface area (Å²) in [5.41, 5.74) is 2.06. The highest BCUT2D eigenvalue weighted by Crippen LogP contribution is 2.40. The van der Waals surface area contributed by atoms with Gasteiger partial charge in [-0.2, -0.15) is 0 Å². The van der Waals surface area contributed by atoms with Crippen molar-refractivity contribution in [3.8, 4) is 17.2 Å². The van der Waals surface area contributed by atoms with Gasteiger partial charge in [0.25, 0.3) is 0 Å². The molecule has 3 nitrogen and oxygen atoms in total. The van der Waals surface area contributed by atoms with Crippen LogP contribution in [0.1, 0.15) is 17.2 Å². The van der Waals surface area contributed by atoms with E-state index in [-0.39, 0.29) is 21.5 Å². The van der Waals surface area contributed by atoms with Gasteiger partial charge < -0.3 is 14.9 Å². The first-order chi connectivity index (χ1) is 9.13. The van der Waals surface area contributed by atoms with Gasteiger partial charge in [0.1, 0.15) is 23.4 Å². The number of alkyl halides is 1. The molecule has 0 unspecified atom stereocenters. The molecule has 0 saturated heterocycles.